The molecule has 1 amide bonds. The summed E-state index contributed by atoms with van der Waals surface area (Å²) in [5.41, 5.74) is 4.30. The fourth-order valence-corrected chi connectivity index (χ4v) is 1.99. The van der Waals surface area contributed by atoms with E-state index in [0.717, 1.165) is 11.9 Å². The number of halogens is 1. The van der Waals surface area contributed by atoms with Crippen LogP contribution < -0.4 is 10.8 Å². The summed E-state index contributed by atoms with van der Waals surface area (Å²) >= 11 is 6.14. The Morgan fingerprint density at radius 1 is 1.29 bits per heavy atom. The van der Waals surface area contributed by atoms with E-state index in [1.807, 2.05) is 18.5 Å². The Hall–Kier alpha value is -2.37. The highest BCUT2D eigenvalue weighted by Gasteiger charge is 2.10. The molecule has 2 rings (SSSR count). The molecule has 2 aromatic carbocycles. The summed E-state index contributed by atoms with van der Waals surface area (Å²) in [5.74, 6) is -0.231. The summed E-state index contributed by atoms with van der Waals surface area (Å²) in [6, 6.07) is 12.2. The standard InChI is InChI=1S/C15H14ClN3O2/c1-10-7-14(12(16)8-13(10)17-9-18-21)19-15(20)11-5-3-2-4-6-11/h2-9,21H,1H3,(H,17,18)(H,19,20). The van der Waals surface area contributed by atoms with Crippen molar-refractivity contribution < 1.29 is 10.0 Å². The molecule has 0 atom stereocenters. The van der Waals surface area contributed by atoms with Crippen LogP contribution >= 0.6 is 11.6 Å². The van der Waals surface area contributed by atoms with Crippen molar-refractivity contribution in [1.29, 1.82) is 0 Å². The fourth-order valence-electron chi connectivity index (χ4n) is 1.79. The lowest BCUT2D eigenvalue weighted by atomic mass is 10.1. The number of hydrogen-bond acceptors (Lipinski definition) is 3. The topological polar surface area (TPSA) is 73.7 Å². The third-order valence-electron chi connectivity index (χ3n) is 2.83. The first-order valence-corrected chi connectivity index (χ1v) is 6.58. The van der Waals surface area contributed by atoms with Gasteiger partial charge in [0, 0.05) is 5.56 Å². The van der Waals surface area contributed by atoms with Gasteiger partial charge in [-0.1, -0.05) is 29.8 Å². The van der Waals surface area contributed by atoms with E-state index in [0.29, 0.717) is 22.0 Å². The first-order valence-electron chi connectivity index (χ1n) is 6.20. The predicted molar refractivity (Wildman–Crippen MR) is 83.7 cm³/mol. The van der Waals surface area contributed by atoms with E-state index in [4.69, 9.17) is 16.8 Å². The minimum Gasteiger partial charge on any atom is -0.321 e. The third-order valence-corrected chi connectivity index (χ3v) is 3.14. The number of anilines is 1. The number of nitrogens with one attached hydrogen (secondary N) is 2. The molecule has 108 valence electrons. The van der Waals surface area contributed by atoms with Gasteiger partial charge < -0.3 is 5.32 Å². The van der Waals surface area contributed by atoms with E-state index in [9.17, 15) is 4.79 Å². The Bertz CT molecular complexity index is 672. The molecule has 0 unspecified atom stereocenters. The minimum atomic E-state index is -0.231. The lowest BCUT2D eigenvalue weighted by Crippen LogP contribution is -2.12. The summed E-state index contributed by atoms with van der Waals surface area (Å²) in [6.07, 6.45) is 1.14. The number of carbonyl (C=O) groups excluding carboxylic acids is 1. The van der Waals surface area contributed by atoms with Crippen LogP contribution in [0.4, 0.5) is 11.4 Å². The molecule has 0 fully saturated rings. The SMILES string of the molecule is Cc1cc(NC(=O)c2ccccc2)c(Cl)cc1N=CNO. The Balaban J connectivity index is 2.23. The van der Waals surface area contributed by atoms with Gasteiger partial charge in [-0.05, 0) is 36.8 Å². The van der Waals surface area contributed by atoms with Crippen molar-refractivity contribution in [2.75, 3.05) is 5.32 Å². The highest BCUT2D eigenvalue weighted by molar-refractivity contribution is 6.34. The second kappa shape index (κ2) is 6.88. The Morgan fingerprint density at radius 3 is 2.67 bits per heavy atom. The second-order valence-corrected chi connectivity index (χ2v) is 4.73. The van der Waals surface area contributed by atoms with Crippen molar-refractivity contribution in [2.45, 2.75) is 6.92 Å². The molecule has 0 saturated heterocycles. The zero-order valence-electron chi connectivity index (χ0n) is 11.3. The van der Waals surface area contributed by atoms with Gasteiger partial charge in [-0.2, -0.15) is 0 Å². The molecule has 5 nitrogen and oxygen atoms in total. The van der Waals surface area contributed by atoms with E-state index < -0.39 is 0 Å². The number of hydroxylamine groups is 1. The van der Waals surface area contributed by atoms with Crippen LogP contribution in [0.1, 0.15) is 15.9 Å². The van der Waals surface area contributed by atoms with Gasteiger partial charge >= 0.3 is 0 Å². The maximum atomic E-state index is 12.1. The summed E-state index contributed by atoms with van der Waals surface area (Å²) in [7, 11) is 0. The first-order chi connectivity index (χ1) is 10.1. The smallest absolute Gasteiger partial charge is 0.255 e. The molecule has 21 heavy (non-hydrogen) atoms. The monoisotopic (exact) mass is 303 g/mol. The van der Waals surface area contributed by atoms with Crippen molar-refractivity contribution in [3.05, 3.63) is 58.6 Å². The van der Waals surface area contributed by atoms with Crippen LogP contribution in [-0.2, 0) is 0 Å². The van der Waals surface area contributed by atoms with Crippen molar-refractivity contribution in [3.8, 4) is 0 Å². The molecule has 0 radical (unpaired) electrons. The summed E-state index contributed by atoms with van der Waals surface area (Å²) < 4.78 is 0. The number of nitrogens with zero attached hydrogens (tertiary/aromatic N) is 1. The first kappa shape index (κ1) is 15.0. The second-order valence-electron chi connectivity index (χ2n) is 4.33. The van der Waals surface area contributed by atoms with Crippen molar-refractivity contribution in [3.63, 3.8) is 0 Å². The molecule has 3 N–H and O–H groups in total. The highest BCUT2D eigenvalue weighted by atomic mass is 35.5. The van der Waals surface area contributed by atoms with Gasteiger partial charge in [0.15, 0.2) is 0 Å². The number of hydrogen-bond donors (Lipinski definition) is 3. The molecule has 0 bridgehead atoms. The van der Waals surface area contributed by atoms with Crippen molar-refractivity contribution in [1.82, 2.24) is 5.48 Å². The zero-order chi connectivity index (χ0) is 15.2. The summed E-state index contributed by atoms with van der Waals surface area (Å²) in [4.78, 5) is 16.1. The quantitative estimate of drug-likeness (QED) is 0.459. The molecule has 6 heteroatoms. The normalized spacial score (nSPS) is 10.6. The van der Waals surface area contributed by atoms with Gasteiger partial charge in [-0.3, -0.25) is 15.5 Å². The van der Waals surface area contributed by atoms with Gasteiger partial charge in [-0.25, -0.2) is 4.99 Å². The molecule has 2 aromatic rings. The fraction of sp³-hybridized carbons (Fsp3) is 0.0667. The van der Waals surface area contributed by atoms with Gasteiger partial charge in [0.1, 0.15) is 6.34 Å². The summed E-state index contributed by atoms with van der Waals surface area (Å²) in [6.45, 7) is 1.83. The van der Waals surface area contributed by atoms with Crippen LogP contribution in [0.25, 0.3) is 0 Å². The van der Waals surface area contributed by atoms with Crippen LogP contribution in [0.5, 0.6) is 0 Å². The van der Waals surface area contributed by atoms with Gasteiger partial charge in [0.05, 0.1) is 16.4 Å². The average Bonchev–Trinajstić information content (AvgIpc) is 2.50. The van der Waals surface area contributed by atoms with Crippen LogP contribution in [0.3, 0.4) is 0 Å². The molecule has 0 aliphatic heterocycles. The van der Waals surface area contributed by atoms with Gasteiger partial charge in [0.2, 0.25) is 0 Å². The molecule has 0 aliphatic carbocycles. The van der Waals surface area contributed by atoms with Crippen molar-refractivity contribution >= 4 is 35.2 Å². The van der Waals surface area contributed by atoms with E-state index in [2.05, 4.69) is 10.3 Å². The van der Waals surface area contributed by atoms with E-state index in [1.54, 1.807) is 36.4 Å². The maximum absolute atomic E-state index is 12.1. The zero-order valence-corrected chi connectivity index (χ0v) is 12.1. The van der Waals surface area contributed by atoms with E-state index in [1.165, 1.54) is 0 Å². The van der Waals surface area contributed by atoms with E-state index >= 15 is 0 Å². The minimum absolute atomic E-state index is 0.231. The molecule has 0 spiro atoms. The maximum Gasteiger partial charge on any atom is 0.255 e. The van der Waals surface area contributed by atoms with Gasteiger partial charge in [0.25, 0.3) is 5.91 Å². The molecule has 0 aliphatic rings. The molecule has 0 heterocycles. The van der Waals surface area contributed by atoms with Crippen LogP contribution in [0.15, 0.2) is 47.5 Å². The Morgan fingerprint density at radius 2 is 2.00 bits per heavy atom. The van der Waals surface area contributed by atoms with E-state index in [-0.39, 0.29) is 5.91 Å². The largest absolute Gasteiger partial charge is 0.321 e. The predicted octanol–water partition coefficient (Wildman–Crippen LogP) is 3.54. The number of carbonyl (C=O) groups is 1. The number of aliphatic imine (C=N–C) groups is 1. The van der Waals surface area contributed by atoms with Crippen LogP contribution in [0, 0.1) is 6.92 Å². The third kappa shape index (κ3) is 3.81. The Labute approximate surface area is 127 Å². The number of amides is 1. The number of benzene rings is 2. The lowest BCUT2D eigenvalue weighted by Gasteiger charge is -2.10. The Kier molecular flexibility index (Phi) is 4.92. The van der Waals surface area contributed by atoms with Crippen LogP contribution in [0.2, 0.25) is 5.02 Å². The van der Waals surface area contributed by atoms with Crippen molar-refractivity contribution in [2.24, 2.45) is 4.99 Å². The summed E-state index contributed by atoms with van der Waals surface area (Å²) in [5, 5.41) is 11.6. The van der Waals surface area contributed by atoms with Crippen LogP contribution in [-0.4, -0.2) is 17.5 Å². The molecular formula is C15H14ClN3O2. The number of rotatable bonds is 4. The van der Waals surface area contributed by atoms with Gasteiger partial charge in [-0.15, -0.1) is 0 Å². The molecule has 0 saturated carbocycles. The lowest BCUT2D eigenvalue weighted by molar-refractivity contribution is 0.102. The molecular weight excluding hydrogens is 290 g/mol. The molecule has 0 aromatic heterocycles. The average molecular weight is 304 g/mol. The highest BCUT2D eigenvalue weighted by Crippen LogP contribution is 2.30. The number of aryl methyl sites for hydroxylation is 1.